The van der Waals surface area contributed by atoms with Gasteiger partial charge >= 0.3 is 12.0 Å². The molecule has 3 N–H and O–H groups in total. The lowest BCUT2D eigenvalue weighted by Gasteiger charge is -2.34. The van der Waals surface area contributed by atoms with E-state index in [1.165, 1.54) is 0 Å². The van der Waals surface area contributed by atoms with Crippen molar-refractivity contribution in [2.24, 2.45) is 0 Å². The number of nitrogens with one attached hydrogen (secondary N) is 2. The molecule has 0 aliphatic heterocycles. The van der Waals surface area contributed by atoms with Gasteiger partial charge in [0.05, 0.1) is 0 Å². The third-order valence-electron chi connectivity index (χ3n) is 3.42. The van der Waals surface area contributed by atoms with Gasteiger partial charge in [0.25, 0.3) is 0 Å². The van der Waals surface area contributed by atoms with E-state index in [4.69, 9.17) is 0 Å². The normalized spacial score (nSPS) is 19.5. The van der Waals surface area contributed by atoms with Crippen LogP contribution in [0.1, 0.15) is 46.0 Å². The van der Waals surface area contributed by atoms with E-state index < -0.39 is 11.5 Å². The minimum absolute atomic E-state index is 0.0411. The molecule has 1 aliphatic carbocycles. The number of aliphatic carboxylic acids is 1. The van der Waals surface area contributed by atoms with Crippen LogP contribution in [0.3, 0.4) is 0 Å². The molecule has 0 saturated heterocycles. The van der Waals surface area contributed by atoms with Gasteiger partial charge < -0.3 is 15.7 Å². The molecule has 1 fully saturated rings. The van der Waals surface area contributed by atoms with Gasteiger partial charge in [-0.2, -0.15) is 11.8 Å². The molecule has 1 rings (SSSR count). The molecule has 1 atom stereocenters. The second kappa shape index (κ2) is 7.62. The highest BCUT2D eigenvalue weighted by molar-refractivity contribution is 7.99. The first-order valence-electron chi connectivity index (χ1n) is 6.90. The molecule has 0 heterocycles. The molecule has 2 amide bonds. The molecule has 1 saturated carbocycles. The molecule has 0 radical (unpaired) electrons. The molecule has 19 heavy (non-hydrogen) atoms. The van der Waals surface area contributed by atoms with E-state index in [1.54, 1.807) is 11.8 Å². The van der Waals surface area contributed by atoms with Gasteiger partial charge in [-0.1, -0.05) is 26.2 Å². The number of thioether (sulfide) groups is 1. The van der Waals surface area contributed by atoms with Crippen LogP contribution in [0.4, 0.5) is 4.79 Å². The number of carbonyl (C=O) groups is 2. The molecule has 1 unspecified atom stereocenters. The number of hydrogen-bond donors (Lipinski definition) is 3. The lowest BCUT2D eigenvalue weighted by atomic mass is 9.82. The van der Waals surface area contributed by atoms with Crippen LogP contribution in [0.2, 0.25) is 0 Å². The van der Waals surface area contributed by atoms with Crippen molar-refractivity contribution in [3.63, 3.8) is 0 Å². The first-order valence-corrected chi connectivity index (χ1v) is 8.05. The summed E-state index contributed by atoms with van der Waals surface area (Å²) in [5.41, 5.74) is -1.07. The molecule has 0 bridgehead atoms. The second-order valence-electron chi connectivity index (χ2n) is 5.11. The summed E-state index contributed by atoms with van der Waals surface area (Å²) in [6, 6.07) is -0.326. The summed E-state index contributed by atoms with van der Waals surface area (Å²) in [4.78, 5) is 23.3. The van der Waals surface area contributed by atoms with Crippen LogP contribution < -0.4 is 10.6 Å². The van der Waals surface area contributed by atoms with E-state index in [-0.39, 0.29) is 12.1 Å². The lowest BCUT2D eigenvalue weighted by molar-refractivity contribution is -0.145. The molecule has 0 aromatic rings. The van der Waals surface area contributed by atoms with Gasteiger partial charge in [-0.3, -0.25) is 0 Å². The summed E-state index contributed by atoms with van der Waals surface area (Å²) in [5, 5.41) is 14.9. The molecule has 1 aliphatic rings. The summed E-state index contributed by atoms with van der Waals surface area (Å²) in [6.07, 6.45) is 3.80. The highest BCUT2D eigenvalue weighted by Gasteiger charge is 2.41. The van der Waals surface area contributed by atoms with Gasteiger partial charge in [0, 0.05) is 11.8 Å². The number of carbonyl (C=O) groups excluding carboxylic acids is 1. The Balaban J connectivity index is 2.50. The highest BCUT2D eigenvalue weighted by atomic mass is 32.2. The van der Waals surface area contributed by atoms with E-state index in [9.17, 15) is 14.7 Å². The molecule has 5 nitrogen and oxygen atoms in total. The first kappa shape index (κ1) is 16.1. The van der Waals surface area contributed by atoms with Crippen LogP contribution in [0.15, 0.2) is 0 Å². The molecule has 110 valence electrons. The average molecular weight is 288 g/mol. The van der Waals surface area contributed by atoms with Gasteiger partial charge in [-0.25, -0.2) is 9.59 Å². The third kappa shape index (κ3) is 4.93. The summed E-state index contributed by atoms with van der Waals surface area (Å²) < 4.78 is 0. The largest absolute Gasteiger partial charge is 0.480 e. The van der Waals surface area contributed by atoms with Crippen molar-refractivity contribution < 1.29 is 14.7 Å². The van der Waals surface area contributed by atoms with Crippen LogP contribution in [-0.4, -0.2) is 40.2 Å². The molecule has 6 heteroatoms. The zero-order valence-electron chi connectivity index (χ0n) is 11.7. The number of hydrogen-bond acceptors (Lipinski definition) is 3. The van der Waals surface area contributed by atoms with E-state index >= 15 is 0 Å². The van der Waals surface area contributed by atoms with Crippen LogP contribution >= 0.6 is 11.8 Å². The minimum atomic E-state index is -1.07. The molecule has 0 aromatic heterocycles. The van der Waals surface area contributed by atoms with Crippen molar-refractivity contribution >= 4 is 23.8 Å². The predicted octanol–water partition coefficient (Wildman–Crippen LogP) is 2.21. The SMILES string of the molecule is CCSCC(C)NC(=O)NC1(C(=O)O)CCCCC1. The minimum Gasteiger partial charge on any atom is -0.480 e. The topological polar surface area (TPSA) is 78.4 Å². The Morgan fingerprint density at radius 3 is 2.47 bits per heavy atom. The van der Waals surface area contributed by atoms with Gasteiger partial charge in [-0.15, -0.1) is 0 Å². The van der Waals surface area contributed by atoms with Crippen molar-refractivity contribution in [1.29, 1.82) is 0 Å². The van der Waals surface area contributed by atoms with Crippen molar-refractivity contribution in [3.8, 4) is 0 Å². The fourth-order valence-electron chi connectivity index (χ4n) is 2.36. The lowest BCUT2D eigenvalue weighted by Crippen LogP contribution is -2.59. The Bertz CT molecular complexity index is 317. The molecule has 0 aromatic carbocycles. The Kier molecular flexibility index (Phi) is 6.48. The smallest absolute Gasteiger partial charge is 0.329 e. The fraction of sp³-hybridized carbons (Fsp3) is 0.846. The molecular weight excluding hydrogens is 264 g/mol. The monoisotopic (exact) mass is 288 g/mol. The van der Waals surface area contributed by atoms with Gasteiger partial charge in [0.1, 0.15) is 5.54 Å². The fourth-order valence-corrected chi connectivity index (χ4v) is 3.03. The Morgan fingerprint density at radius 1 is 1.32 bits per heavy atom. The van der Waals surface area contributed by atoms with Crippen LogP contribution in [0.5, 0.6) is 0 Å². The van der Waals surface area contributed by atoms with Gasteiger partial charge in [0.15, 0.2) is 0 Å². The van der Waals surface area contributed by atoms with Crippen LogP contribution in [0, 0.1) is 0 Å². The maximum Gasteiger partial charge on any atom is 0.329 e. The zero-order chi connectivity index (χ0) is 14.3. The Morgan fingerprint density at radius 2 is 1.95 bits per heavy atom. The Labute approximate surface area is 118 Å². The second-order valence-corrected chi connectivity index (χ2v) is 6.43. The standard InChI is InChI=1S/C13H24N2O3S/c1-3-19-9-10(2)14-12(18)15-13(11(16)17)7-5-4-6-8-13/h10H,3-9H2,1-2H3,(H,16,17)(H2,14,15,18). The van der Waals surface area contributed by atoms with E-state index in [0.29, 0.717) is 12.8 Å². The summed E-state index contributed by atoms with van der Waals surface area (Å²) >= 11 is 1.75. The number of amides is 2. The van der Waals surface area contributed by atoms with E-state index in [2.05, 4.69) is 17.6 Å². The number of urea groups is 1. The van der Waals surface area contributed by atoms with Crippen molar-refractivity contribution in [3.05, 3.63) is 0 Å². The highest BCUT2D eigenvalue weighted by Crippen LogP contribution is 2.28. The van der Waals surface area contributed by atoms with Crippen LogP contribution in [-0.2, 0) is 4.79 Å². The quantitative estimate of drug-likeness (QED) is 0.700. The maximum absolute atomic E-state index is 11.9. The molecule has 0 spiro atoms. The molecular formula is C13H24N2O3S. The Hall–Kier alpha value is -0.910. The number of carboxylic acids is 1. The van der Waals surface area contributed by atoms with Crippen molar-refractivity contribution in [2.75, 3.05) is 11.5 Å². The number of rotatable bonds is 6. The first-order chi connectivity index (χ1) is 9.00. The van der Waals surface area contributed by atoms with E-state index in [0.717, 1.165) is 30.8 Å². The summed E-state index contributed by atoms with van der Waals surface area (Å²) in [6.45, 7) is 4.00. The van der Waals surface area contributed by atoms with Gasteiger partial charge in [0.2, 0.25) is 0 Å². The third-order valence-corrected chi connectivity index (χ3v) is 4.56. The zero-order valence-corrected chi connectivity index (χ0v) is 12.5. The summed E-state index contributed by atoms with van der Waals surface area (Å²) in [7, 11) is 0. The van der Waals surface area contributed by atoms with Crippen molar-refractivity contribution in [2.45, 2.75) is 57.5 Å². The van der Waals surface area contributed by atoms with Crippen molar-refractivity contribution in [1.82, 2.24) is 10.6 Å². The average Bonchev–Trinajstić information content (AvgIpc) is 2.37. The summed E-state index contributed by atoms with van der Waals surface area (Å²) in [5.74, 6) is 0.925. The maximum atomic E-state index is 11.9. The predicted molar refractivity (Wildman–Crippen MR) is 77.6 cm³/mol. The van der Waals surface area contributed by atoms with E-state index in [1.807, 2.05) is 6.92 Å². The van der Waals surface area contributed by atoms with Gasteiger partial charge in [-0.05, 0) is 25.5 Å². The van der Waals surface area contributed by atoms with Crippen LogP contribution in [0.25, 0.3) is 0 Å². The number of carboxylic acid groups (broad SMARTS) is 1.